The summed E-state index contributed by atoms with van der Waals surface area (Å²) in [6, 6.07) is 7.99. The molecule has 3 heterocycles. The second kappa shape index (κ2) is 10.3. The first-order chi connectivity index (χ1) is 13.7. The van der Waals surface area contributed by atoms with Crippen molar-refractivity contribution in [3.8, 4) is 0 Å². The zero-order valence-corrected chi connectivity index (χ0v) is 16.9. The van der Waals surface area contributed by atoms with Crippen LogP contribution in [0.1, 0.15) is 48.1 Å². The lowest BCUT2D eigenvalue weighted by atomic mass is 10.1. The maximum absolute atomic E-state index is 12.9. The average Bonchev–Trinajstić information content (AvgIpc) is 2.92. The van der Waals surface area contributed by atoms with Crippen LogP contribution in [0.4, 0.5) is 0 Å². The topological polar surface area (TPSA) is 72.3 Å². The number of pyridine rings is 1. The van der Waals surface area contributed by atoms with Gasteiger partial charge in [0.15, 0.2) is 0 Å². The SMILES string of the molecule is CCOCCn1nc(C)cc1C(=O)N[C@H]1CCCCN(Cc2ccccn2)C1. The third-order valence-corrected chi connectivity index (χ3v) is 4.99. The molecule has 1 N–H and O–H groups in total. The number of carbonyl (C=O) groups is 1. The number of hydrogen-bond donors (Lipinski definition) is 1. The number of aromatic nitrogens is 3. The van der Waals surface area contributed by atoms with Crippen LogP contribution in [-0.2, 0) is 17.8 Å². The van der Waals surface area contributed by atoms with E-state index < -0.39 is 0 Å². The van der Waals surface area contributed by atoms with Crippen LogP contribution >= 0.6 is 0 Å². The minimum Gasteiger partial charge on any atom is -0.380 e. The number of hydrogen-bond acceptors (Lipinski definition) is 5. The Kier molecular flexibility index (Phi) is 7.56. The molecule has 0 aliphatic carbocycles. The van der Waals surface area contributed by atoms with Gasteiger partial charge in [0.25, 0.3) is 5.91 Å². The van der Waals surface area contributed by atoms with Gasteiger partial charge in [-0.15, -0.1) is 0 Å². The minimum atomic E-state index is -0.0539. The van der Waals surface area contributed by atoms with Crippen LogP contribution in [0.5, 0.6) is 0 Å². The first kappa shape index (κ1) is 20.5. The highest BCUT2D eigenvalue weighted by molar-refractivity contribution is 5.92. The standard InChI is InChI=1S/C21H31N5O2/c1-3-28-13-12-26-20(14-17(2)24-26)21(27)23-19-9-5-7-11-25(16-19)15-18-8-4-6-10-22-18/h4,6,8,10,14,19H,3,5,7,9,11-13,15-16H2,1-2H3,(H,23,27)/t19-/m0/s1. The van der Waals surface area contributed by atoms with Gasteiger partial charge in [-0.05, 0) is 51.4 Å². The summed E-state index contributed by atoms with van der Waals surface area (Å²) < 4.78 is 7.17. The molecule has 0 bridgehead atoms. The van der Waals surface area contributed by atoms with Crippen molar-refractivity contribution in [3.05, 3.63) is 47.5 Å². The second-order valence-electron chi connectivity index (χ2n) is 7.31. The average molecular weight is 386 g/mol. The number of amides is 1. The summed E-state index contributed by atoms with van der Waals surface area (Å²) in [7, 11) is 0. The molecule has 2 aromatic heterocycles. The molecule has 28 heavy (non-hydrogen) atoms. The quantitative estimate of drug-likeness (QED) is 0.707. The minimum absolute atomic E-state index is 0.0539. The van der Waals surface area contributed by atoms with Crippen molar-refractivity contribution in [1.29, 1.82) is 0 Å². The van der Waals surface area contributed by atoms with E-state index in [2.05, 4.69) is 26.4 Å². The Morgan fingerprint density at radius 2 is 2.25 bits per heavy atom. The zero-order chi connectivity index (χ0) is 19.8. The number of carbonyl (C=O) groups excluding carboxylic acids is 1. The smallest absolute Gasteiger partial charge is 0.269 e. The normalized spacial score (nSPS) is 18.0. The summed E-state index contributed by atoms with van der Waals surface area (Å²) >= 11 is 0. The van der Waals surface area contributed by atoms with Crippen molar-refractivity contribution >= 4 is 5.91 Å². The predicted molar refractivity (Wildman–Crippen MR) is 108 cm³/mol. The Bertz CT molecular complexity index is 747. The van der Waals surface area contributed by atoms with Crippen molar-refractivity contribution in [2.45, 2.75) is 52.2 Å². The van der Waals surface area contributed by atoms with E-state index in [-0.39, 0.29) is 11.9 Å². The Morgan fingerprint density at radius 1 is 1.36 bits per heavy atom. The Labute approximate surface area is 167 Å². The first-order valence-electron chi connectivity index (χ1n) is 10.2. The van der Waals surface area contributed by atoms with Crippen molar-refractivity contribution in [1.82, 2.24) is 25.0 Å². The molecule has 1 aliphatic heterocycles. The van der Waals surface area contributed by atoms with Crippen LogP contribution in [0, 0.1) is 6.92 Å². The van der Waals surface area contributed by atoms with Crippen LogP contribution in [0.2, 0.25) is 0 Å². The van der Waals surface area contributed by atoms with Crippen LogP contribution < -0.4 is 5.32 Å². The van der Waals surface area contributed by atoms with Crippen LogP contribution in [0.25, 0.3) is 0 Å². The third kappa shape index (κ3) is 5.87. The van der Waals surface area contributed by atoms with Gasteiger partial charge < -0.3 is 10.1 Å². The first-order valence-corrected chi connectivity index (χ1v) is 10.2. The van der Waals surface area contributed by atoms with Gasteiger partial charge in [0.1, 0.15) is 5.69 Å². The lowest BCUT2D eigenvalue weighted by Crippen LogP contribution is -2.43. The van der Waals surface area contributed by atoms with Crippen LogP contribution in [0.15, 0.2) is 30.5 Å². The fourth-order valence-corrected chi connectivity index (χ4v) is 3.66. The fraction of sp³-hybridized carbons (Fsp3) is 0.571. The molecule has 1 atom stereocenters. The second-order valence-corrected chi connectivity index (χ2v) is 7.31. The van der Waals surface area contributed by atoms with E-state index in [0.717, 1.165) is 50.3 Å². The summed E-state index contributed by atoms with van der Waals surface area (Å²) in [6.07, 6.45) is 5.09. The lowest BCUT2D eigenvalue weighted by Gasteiger charge is -2.24. The molecule has 7 nitrogen and oxygen atoms in total. The van der Waals surface area contributed by atoms with Crippen LogP contribution in [-0.4, -0.2) is 57.9 Å². The lowest BCUT2D eigenvalue weighted by molar-refractivity contribution is 0.0907. The van der Waals surface area contributed by atoms with E-state index >= 15 is 0 Å². The predicted octanol–water partition coefficient (Wildman–Crippen LogP) is 2.41. The number of nitrogens with zero attached hydrogens (tertiary/aromatic N) is 4. The van der Waals surface area contributed by atoms with Gasteiger partial charge >= 0.3 is 0 Å². The molecule has 2 aromatic rings. The molecule has 0 spiro atoms. The van der Waals surface area contributed by atoms with Gasteiger partial charge in [0, 0.05) is 31.9 Å². The highest BCUT2D eigenvalue weighted by Crippen LogP contribution is 2.14. The Morgan fingerprint density at radius 3 is 3.04 bits per heavy atom. The molecule has 1 amide bonds. The van der Waals surface area contributed by atoms with Crippen LogP contribution in [0.3, 0.4) is 0 Å². The fourth-order valence-electron chi connectivity index (χ4n) is 3.66. The number of nitrogens with one attached hydrogen (secondary N) is 1. The molecule has 0 aromatic carbocycles. The van der Waals surface area contributed by atoms with Crippen molar-refractivity contribution in [3.63, 3.8) is 0 Å². The van der Waals surface area contributed by atoms with E-state index in [1.807, 2.05) is 38.2 Å². The van der Waals surface area contributed by atoms with Gasteiger partial charge in [0.2, 0.25) is 0 Å². The number of rotatable bonds is 8. The molecule has 152 valence electrons. The Balaban J connectivity index is 1.61. The van der Waals surface area contributed by atoms with Gasteiger partial charge in [-0.25, -0.2) is 0 Å². The van der Waals surface area contributed by atoms with E-state index in [4.69, 9.17) is 4.74 Å². The van der Waals surface area contributed by atoms with Crippen molar-refractivity contribution in [2.75, 3.05) is 26.3 Å². The molecule has 1 aliphatic rings. The number of likely N-dealkylation sites (tertiary alicyclic amines) is 1. The zero-order valence-electron chi connectivity index (χ0n) is 16.9. The highest BCUT2D eigenvalue weighted by atomic mass is 16.5. The van der Waals surface area contributed by atoms with E-state index in [0.29, 0.717) is 25.5 Å². The van der Waals surface area contributed by atoms with E-state index in [9.17, 15) is 4.79 Å². The number of aryl methyl sites for hydroxylation is 1. The summed E-state index contributed by atoms with van der Waals surface area (Å²) in [5, 5.41) is 7.68. The molecule has 7 heteroatoms. The Hall–Kier alpha value is -2.25. The molecule has 1 fully saturated rings. The van der Waals surface area contributed by atoms with Crippen molar-refractivity contribution in [2.24, 2.45) is 0 Å². The van der Waals surface area contributed by atoms with Gasteiger partial charge in [-0.3, -0.25) is 19.4 Å². The van der Waals surface area contributed by atoms with E-state index in [1.54, 1.807) is 4.68 Å². The summed E-state index contributed by atoms with van der Waals surface area (Å²) in [4.78, 5) is 19.7. The maximum Gasteiger partial charge on any atom is 0.269 e. The van der Waals surface area contributed by atoms with Gasteiger partial charge in [0.05, 0.1) is 24.5 Å². The molecule has 1 saturated heterocycles. The molecular weight excluding hydrogens is 354 g/mol. The van der Waals surface area contributed by atoms with Gasteiger partial charge in [-0.2, -0.15) is 5.10 Å². The molecule has 0 radical (unpaired) electrons. The summed E-state index contributed by atoms with van der Waals surface area (Å²) in [6.45, 7) is 8.37. The molecule has 0 saturated carbocycles. The maximum atomic E-state index is 12.9. The third-order valence-electron chi connectivity index (χ3n) is 4.99. The summed E-state index contributed by atoms with van der Waals surface area (Å²) in [5.41, 5.74) is 2.52. The molecule has 3 rings (SSSR count). The summed E-state index contributed by atoms with van der Waals surface area (Å²) in [5.74, 6) is -0.0539. The number of ether oxygens (including phenoxy) is 1. The van der Waals surface area contributed by atoms with Gasteiger partial charge in [-0.1, -0.05) is 12.5 Å². The highest BCUT2D eigenvalue weighted by Gasteiger charge is 2.22. The molecule has 0 unspecified atom stereocenters. The molecular formula is C21H31N5O2. The van der Waals surface area contributed by atoms with E-state index in [1.165, 1.54) is 0 Å². The monoisotopic (exact) mass is 385 g/mol. The largest absolute Gasteiger partial charge is 0.380 e. The van der Waals surface area contributed by atoms with Crippen molar-refractivity contribution < 1.29 is 9.53 Å².